The molecule has 2 fully saturated rings. The van der Waals surface area contributed by atoms with Crippen molar-refractivity contribution in [1.29, 1.82) is 0 Å². The first-order valence-electron chi connectivity index (χ1n) is 8.71. The van der Waals surface area contributed by atoms with Crippen LogP contribution in [0.2, 0.25) is 0 Å². The molecule has 1 aromatic heterocycles. The van der Waals surface area contributed by atoms with Crippen molar-refractivity contribution in [1.82, 2.24) is 14.9 Å². The summed E-state index contributed by atoms with van der Waals surface area (Å²) < 4.78 is 0. The Labute approximate surface area is 141 Å². The lowest BCUT2D eigenvalue weighted by Crippen LogP contribution is -2.49. The molecular formula is C17H24N4O3. The smallest absolute Gasteiger partial charge is 0.356 e. The monoisotopic (exact) mass is 332 g/mol. The summed E-state index contributed by atoms with van der Waals surface area (Å²) in [5.41, 5.74) is -0.0555. The molecule has 1 aliphatic carbocycles. The van der Waals surface area contributed by atoms with Gasteiger partial charge in [0.25, 0.3) is 0 Å². The van der Waals surface area contributed by atoms with Crippen LogP contribution >= 0.6 is 0 Å². The van der Waals surface area contributed by atoms with Gasteiger partial charge in [0.2, 0.25) is 5.91 Å². The Morgan fingerprint density at radius 1 is 1.04 bits per heavy atom. The largest absolute Gasteiger partial charge is 0.476 e. The van der Waals surface area contributed by atoms with E-state index in [0.717, 1.165) is 0 Å². The molecule has 24 heavy (non-hydrogen) atoms. The van der Waals surface area contributed by atoms with Gasteiger partial charge in [0.1, 0.15) is 5.82 Å². The third-order valence-corrected chi connectivity index (χ3v) is 5.00. The normalized spacial score (nSPS) is 19.3. The van der Waals surface area contributed by atoms with E-state index in [1.54, 1.807) is 0 Å². The number of hydrogen-bond donors (Lipinski definition) is 1. The number of amides is 1. The summed E-state index contributed by atoms with van der Waals surface area (Å²) >= 11 is 0. The van der Waals surface area contributed by atoms with Gasteiger partial charge in [0, 0.05) is 32.6 Å². The number of hydrogen-bond acceptors (Lipinski definition) is 5. The lowest BCUT2D eigenvalue weighted by atomic mass is 9.86. The van der Waals surface area contributed by atoms with Crippen LogP contribution in [0, 0.1) is 5.92 Å². The summed E-state index contributed by atoms with van der Waals surface area (Å²) in [5.74, 6) is 0.430. The summed E-state index contributed by atoms with van der Waals surface area (Å²) in [7, 11) is 0. The van der Waals surface area contributed by atoms with Gasteiger partial charge in [0.15, 0.2) is 5.69 Å². The molecule has 1 N–H and O–H groups in total. The highest BCUT2D eigenvalue weighted by Gasteiger charge is 2.25. The molecule has 0 unspecified atom stereocenters. The number of carboxylic acids is 1. The van der Waals surface area contributed by atoms with Gasteiger partial charge in [-0.15, -0.1) is 0 Å². The molecule has 1 aliphatic heterocycles. The molecule has 2 aliphatic rings. The minimum atomic E-state index is -1.08. The van der Waals surface area contributed by atoms with Crippen molar-refractivity contribution in [2.75, 3.05) is 31.1 Å². The molecule has 7 nitrogen and oxygen atoms in total. The van der Waals surface area contributed by atoms with E-state index in [1.807, 2.05) is 9.80 Å². The Morgan fingerprint density at radius 2 is 1.75 bits per heavy atom. The van der Waals surface area contributed by atoms with Gasteiger partial charge in [-0.2, -0.15) is 0 Å². The maximum atomic E-state index is 12.4. The molecule has 1 aromatic rings. The fourth-order valence-electron chi connectivity index (χ4n) is 3.55. The Hall–Kier alpha value is -2.18. The summed E-state index contributed by atoms with van der Waals surface area (Å²) in [6, 6.07) is 0. The van der Waals surface area contributed by atoms with Gasteiger partial charge in [-0.3, -0.25) is 4.79 Å². The van der Waals surface area contributed by atoms with E-state index in [-0.39, 0.29) is 11.6 Å². The Kier molecular flexibility index (Phi) is 5.27. The zero-order valence-corrected chi connectivity index (χ0v) is 13.9. The third kappa shape index (κ3) is 4.01. The van der Waals surface area contributed by atoms with Crippen LogP contribution in [0.15, 0.2) is 12.4 Å². The molecule has 0 aromatic carbocycles. The second-order valence-electron chi connectivity index (χ2n) is 6.64. The van der Waals surface area contributed by atoms with Crippen LogP contribution in [0.5, 0.6) is 0 Å². The Bertz CT molecular complexity index is 576. The molecule has 130 valence electrons. The van der Waals surface area contributed by atoms with Gasteiger partial charge in [-0.1, -0.05) is 19.3 Å². The first-order valence-corrected chi connectivity index (χ1v) is 8.71. The first kappa shape index (κ1) is 16.7. The lowest BCUT2D eigenvalue weighted by molar-refractivity contribution is -0.132. The standard InChI is InChI=1S/C17H24N4O3/c22-16(10-13-4-2-1-3-5-13)21-8-6-20(7-9-21)15-12-18-14(11-19-15)17(23)24/h11-13H,1-10H2,(H,23,24). The number of aromatic carboxylic acids is 1. The number of carbonyl (C=O) groups excluding carboxylic acids is 1. The molecule has 0 radical (unpaired) electrons. The summed E-state index contributed by atoms with van der Waals surface area (Å²) in [6.45, 7) is 2.79. The molecule has 1 saturated heterocycles. The quantitative estimate of drug-likeness (QED) is 0.904. The van der Waals surface area contributed by atoms with E-state index in [4.69, 9.17) is 5.11 Å². The maximum Gasteiger partial charge on any atom is 0.356 e. The lowest BCUT2D eigenvalue weighted by Gasteiger charge is -2.36. The van der Waals surface area contributed by atoms with Crippen molar-refractivity contribution in [3.05, 3.63) is 18.1 Å². The number of piperazine rings is 1. The van der Waals surface area contributed by atoms with Crippen molar-refractivity contribution in [2.45, 2.75) is 38.5 Å². The van der Waals surface area contributed by atoms with E-state index in [0.29, 0.717) is 44.3 Å². The average Bonchev–Trinajstić information content (AvgIpc) is 2.63. The Balaban J connectivity index is 1.49. The van der Waals surface area contributed by atoms with Gasteiger partial charge in [0.05, 0.1) is 12.4 Å². The number of anilines is 1. The van der Waals surface area contributed by atoms with E-state index >= 15 is 0 Å². The van der Waals surface area contributed by atoms with Crippen LogP contribution in [0.4, 0.5) is 5.82 Å². The highest BCUT2D eigenvalue weighted by atomic mass is 16.4. The molecule has 1 saturated carbocycles. The molecule has 2 heterocycles. The van der Waals surface area contributed by atoms with Crippen LogP contribution in [-0.4, -0.2) is 58.0 Å². The Morgan fingerprint density at radius 3 is 2.33 bits per heavy atom. The van der Waals surface area contributed by atoms with Crippen molar-refractivity contribution < 1.29 is 14.7 Å². The number of carbonyl (C=O) groups is 2. The third-order valence-electron chi connectivity index (χ3n) is 5.00. The SMILES string of the molecule is O=C(O)c1cnc(N2CCN(C(=O)CC3CCCCC3)CC2)cn1. The summed E-state index contributed by atoms with van der Waals surface area (Å²) in [4.78, 5) is 35.3. The van der Waals surface area contributed by atoms with Crippen LogP contribution in [0.1, 0.15) is 49.0 Å². The molecule has 0 bridgehead atoms. The number of rotatable bonds is 4. The minimum absolute atomic E-state index is 0.0555. The van der Waals surface area contributed by atoms with Gasteiger partial charge in [-0.05, 0) is 18.8 Å². The topological polar surface area (TPSA) is 86.6 Å². The maximum absolute atomic E-state index is 12.4. The van der Waals surface area contributed by atoms with Crippen LogP contribution in [0.25, 0.3) is 0 Å². The predicted molar refractivity (Wildman–Crippen MR) is 89.0 cm³/mol. The fourth-order valence-corrected chi connectivity index (χ4v) is 3.55. The van der Waals surface area contributed by atoms with Crippen molar-refractivity contribution in [3.63, 3.8) is 0 Å². The predicted octanol–water partition coefficient (Wildman–Crippen LogP) is 1.79. The zero-order valence-electron chi connectivity index (χ0n) is 13.9. The molecule has 1 amide bonds. The second kappa shape index (κ2) is 7.59. The second-order valence-corrected chi connectivity index (χ2v) is 6.64. The van der Waals surface area contributed by atoms with Gasteiger partial charge in [-0.25, -0.2) is 14.8 Å². The van der Waals surface area contributed by atoms with Gasteiger partial charge >= 0.3 is 5.97 Å². The number of aromatic nitrogens is 2. The van der Waals surface area contributed by atoms with Gasteiger partial charge < -0.3 is 14.9 Å². The van der Waals surface area contributed by atoms with E-state index in [9.17, 15) is 9.59 Å². The molecule has 0 spiro atoms. The fraction of sp³-hybridized carbons (Fsp3) is 0.647. The summed E-state index contributed by atoms with van der Waals surface area (Å²) in [6.07, 6.45) is 9.67. The number of nitrogens with zero attached hydrogens (tertiary/aromatic N) is 4. The molecule has 0 atom stereocenters. The van der Waals surface area contributed by atoms with E-state index < -0.39 is 5.97 Å². The highest BCUT2D eigenvalue weighted by molar-refractivity contribution is 5.84. The van der Waals surface area contributed by atoms with Crippen LogP contribution in [-0.2, 0) is 4.79 Å². The molecule has 3 rings (SSSR count). The number of carboxylic acid groups (broad SMARTS) is 1. The molecule has 7 heteroatoms. The first-order chi connectivity index (χ1) is 11.6. The average molecular weight is 332 g/mol. The molecular weight excluding hydrogens is 308 g/mol. The van der Waals surface area contributed by atoms with Crippen molar-refractivity contribution in [2.24, 2.45) is 5.92 Å². The zero-order chi connectivity index (χ0) is 16.9. The minimum Gasteiger partial charge on any atom is -0.476 e. The van der Waals surface area contributed by atoms with Crippen LogP contribution < -0.4 is 4.90 Å². The summed E-state index contributed by atoms with van der Waals surface area (Å²) in [5, 5.41) is 8.86. The van der Waals surface area contributed by atoms with E-state index in [2.05, 4.69) is 9.97 Å². The van der Waals surface area contributed by atoms with Crippen LogP contribution in [0.3, 0.4) is 0 Å². The van der Waals surface area contributed by atoms with E-state index in [1.165, 1.54) is 44.5 Å². The van der Waals surface area contributed by atoms with Crippen molar-refractivity contribution >= 4 is 17.7 Å². The highest BCUT2D eigenvalue weighted by Crippen LogP contribution is 2.27. The van der Waals surface area contributed by atoms with Crippen molar-refractivity contribution in [3.8, 4) is 0 Å².